The number of aliphatic imine (C=N–C) groups is 1. The minimum atomic E-state index is 0.611. The first kappa shape index (κ1) is 40.5. The van der Waals surface area contributed by atoms with Crippen LogP contribution >= 0.6 is 0 Å². The molecule has 5 aromatic carbocycles. The van der Waals surface area contributed by atoms with Crippen LogP contribution in [0.25, 0.3) is 135 Å². The number of nitrogens with one attached hydrogen (secondary N) is 1. The maximum Gasteiger partial charge on any atom is 0.403 e. The molecule has 0 bridgehead atoms. The van der Waals surface area contributed by atoms with Crippen LogP contribution in [0.2, 0.25) is 0 Å². The number of imidazole rings is 8. The molecule has 0 spiro atoms. The Labute approximate surface area is 446 Å². The van der Waals surface area contributed by atoms with Crippen LogP contribution in [0.4, 0.5) is 22.7 Å². The quantitative estimate of drug-likeness (QED) is 0.177. The maximum absolute atomic E-state index is 5.76. The van der Waals surface area contributed by atoms with Gasteiger partial charge in [-0.1, -0.05) is 65.7 Å². The predicted octanol–water partition coefficient (Wildman–Crippen LogP) is 10.5. The van der Waals surface area contributed by atoms with Gasteiger partial charge in [-0.25, -0.2) is 40.2 Å². The number of para-hydroxylation sites is 10. The summed E-state index contributed by atoms with van der Waals surface area (Å²) in [4.78, 5) is 54.2. The van der Waals surface area contributed by atoms with Crippen LogP contribution in [-0.2, 0) is 0 Å². The molecule has 80 heavy (non-hydrogen) atoms. The first-order chi connectivity index (χ1) is 39.7. The van der Waals surface area contributed by atoms with Crippen molar-refractivity contribution in [1.82, 2.24) is 85.7 Å². The van der Waals surface area contributed by atoms with Crippen molar-refractivity contribution in [3.63, 3.8) is 0 Å². The molecule has 0 atom stereocenters. The predicted molar refractivity (Wildman–Crippen MR) is 307 cm³/mol. The molecule has 13 aromatic heterocycles. The molecule has 0 amide bonds. The summed E-state index contributed by atoms with van der Waals surface area (Å²) in [6.07, 6.45) is 11.2. The van der Waals surface area contributed by atoms with E-state index in [2.05, 4.69) is 99.6 Å². The van der Waals surface area contributed by atoms with Gasteiger partial charge in [0.1, 0.15) is 22.5 Å². The minimum absolute atomic E-state index is 0.611. The number of rotatable bonds is 4. The Morgan fingerprint density at radius 1 is 0.375 bits per heavy atom. The molecule has 20 rings (SSSR count). The van der Waals surface area contributed by atoms with E-state index in [-0.39, 0.29) is 0 Å². The molecule has 1 N–H and O–H groups in total. The number of fused-ring (bicyclic) bond motifs is 25. The van der Waals surface area contributed by atoms with Gasteiger partial charge < -0.3 is 0 Å². The Balaban J connectivity index is 0.871. The van der Waals surface area contributed by atoms with E-state index in [9.17, 15) is 0 Å². The van der Waals surface area contributed by atoms with Crippen molar-refractivity contribution in [3.05, 3.63) is 189 Å². The lowest BCUT2D eigenvalue weighted by molar-refractivity contribution is 1.00. The molecular formula is C60H32N20+. The molecule has 15 heterocycles. The van der Waals surface area contributed by atoms with Crippen molar-refractivity contribution >= 4 is 140 Å². The van der Waals surface area contributed by atoms with E-state index in [1.807, 2.05) is 140 Å². The van der Waals surface area contributed by atoms with Gasteiger partial charge in [0.05, 0.1) is 90.5 Å². The topological polar surface area (TPSA) is 183 Å². The highest BCUT2D eigenvalue weighted by Crippen LogP contribution is 2.47. The Hall–Kier alpha value is -11.8. The van der Waals surface area contributed by atoms with E-state index in [1.54, 1.807) is 0 Å². The highest BCUT2D eigenvalue weighted by Gasteiger charge is 2.44. The van der Waals surface area contributed by atoms with Crippen molar-refractivity contribution in [2.24, 2.45) is 0 Å². The number of nitrogens with zero attached hydrogens (tertiary/aromatic N) is 19. The Morgan fingerprint density at radius 2 is 1.00 bits per heavy atom. The zero-order chi connectivity index (χ0) is 51.6. The SMILES string of the molecule is c1ccc2c(c1)[N+]=C1Nc3c(cncc3-n3c4ccccc4n4c5nccc(-n6c7nc(-n8c9c(-n%10c%11ccncc%11n%11c%12ccccc%12nc%10%11)nccc9n9c%10ccccc%10nc89)ccc7n7c8ccccc8nc67)c5nc34)N12. The molecule has 2 aliphatic rings. The van der Waals surface area contributed by atoms with Crippen molar-refractivity contribution in [2.75, 3.05) is 10.2 Å². The zero-order valence-electron chi connectivity index (χ0n) is 41.4. The van der Waals surface area contributed by atoms with Crippen LogP contribution in [0, 0.1) is 0 Å². The number of hydrogen-bond acceptors (Lipinski definition) is 12. The molecule has 20 heteroatoms. The van der Waals surface area contributed by atoms with Crippen LogP contribution in [0.5, 0.6) is 0 Å². The molecule has 371 valence electrons. The van der Waals surface area contributed by atoms with Crippen molar-refractivity contribution in [3.8, 4) is 23.0 Å². The summed E-state index contributed by atoms with van der Waals surface area (Å²) in [5.41, 5.74) is 18.8. The second-order valence-corrected chi connectivity index (χ2v) is 20.1. The summed E-state index contributed by atoms with van der Waals surface area (Å²) >= 11 is 0. The average molecular weight is 1030 g/mol. The Morgan fingerprint density at radius 3 is 1.80 bits per heavy atom. The molecule has 0 saturated carbocycles. The summed E-state index contributed by atoms with van der Waals surface area (Å²) in [6.45, 7) is 0. The number of hydrogen-bond donors (Lipinski definition) is 1. The summed E-state index contributed by atoms with van der Waals surface area (Å²) in [7, 11) is 0. The summed E-state index contributed by atoms with van der Waals surface area (Å²) in [5, 5.41) is 3.65. The Kier molecular flexibility index (Phi) is 7.17. The first-order valence-corrected chi connectivity index (χ1v) is 26.0. The van der Waals surface area contributed by atoms with E-state index < -0.39 is 0 Å². The molecule has 1 radical (unpaired) electrons. The third-order valence-electron chi connectivity index (χ3n) is 16.1. The molecule has 0 aliphatic carbocycles. The summed E-state index contributed by atoms with van der Waals surface area (Å²) < 4.78 is 17.2. The van der Waals surface area contributed by atoms with Gasteiger partial charge in [-0.2, -0.15) is 4.90 Å². The lowest BCUT2D eigenvalue weighted by Gasteiger charge is -2.11. The number of pyridine rings is 5. The fraction of sp³-hybridized carbons (Fsp3) is 0. The van der Waals surface area contributed by atoms with Gasteiger partial charge in [0.2, 0.25) is 23.1 Å². The molecule has 0 saturated heterocycles. The minimum Gasteiger partial charge on any atom is -0.276 e. The van der Waals surface area contributed by atoms with Crippen molar-refractivity contribution < 1.29 is 0 Å². The smallest absolute Gasteiger partial charge is 0.276 e. The standard InChI is InChI=1S/C60H32N20/c1-5-15-36-32(11-1)65-56-70-50-47(72(36)56)30-62-31-48(50)76-40-19-9-10-20-41(40)77-54-51(71-60(76)77)43(24-27-63-54)79-53-45(74-38-17-7-3-13-34(38)66-57(74)79)21-22-49(69-53)80-52-44(73-37-16-6-2-12-33(37)68-59(73)80)25-28-64-55(52)78-42-23-26-61-29-46(42)75-39-18-8-4-14-35(39)67-58(75)78/h1-31,70H/q+1. The second-order valence-electron chi connectivity index (χ2n) is 20.1. The average Bonchev–Trinajstić information content (AvgIpc) is 4.40. The van der Waals surface area contributed by atoms with Crippen LogP contribution < -0.4 is 15.2 Å². The largest absolute Gasteiger partial charge is 0.403 e. The molecular weight excluding hydrogens is 1000 g/mol. The van der Waals surface area contributed by atoms with E-state index >= 15 is 0 Å². The molecule has 0 unspecified atom stereocenters. The molecule has 0 fully saturated rings. The zero-order valence-corrected chi connectivity index (χ0v) is 41.4. The van der Waals surface area contributed by atoms with Gasteiger partial charge >= 0.3 is 5.96 Å². The van der Waals surface area contributed by atoms with Gasteiger partial charge in [-0.05, 0) is 91.0 Å². The number of anilines is 3. The monoisotopic (exact) mass is 1030 g/mol. The highest BCUT2D eigenvalue weighted by molar-refractivity contribution is 6.24. The molecule has 20 nitrogen and oxygen atoms in total. The fourth-order valence-electron chi connectivity index (χ4n) is 12.8. The van der Waals surface area contributed by atoms with Gasteiger partial charge in [-0.3, -0.25) is 45.8 Å². The van der Waals surface area contributed by atoms with E-state index in [0.29, 0.717) is 51.6 Å². The number of benzene rings is 5. The van der Waals surface area contributed by atoms with E-state index in [1.165, 1.54) is 0 Å². The van der Waals surface area contributed by atoms with Crippen molar-refractivity contribution in [1.29, 1.82) is 0 Å². The molecule has 2 aliphatic heterocycles. The van der Waals surface area contributed by atoms with Crippen molar-refractivity contribution in [2.45, 2.75) is 0 Å². The second kappa shape index (κ2) is 14.2. The highest BCUT2D eigenvalue weighted by atomic mass is 15.4. The van der Waals surface area contributed by atoms with Gasteiger partial charge in [0, 0.05) is 18.6 Å². The van der Waals surface area contributed by atoms with Gasteiger partial charge in [-0.15, -0.1) is 0 Å². The third-order valence-corrected chi connectivity index (χ3v) is 16.1. The lowest BCUT2D eigenvalue weighted by Crippen LogP contribution is -2.24. The van der Waals surface area contributed by atoms with E-state index in [0.717, 1.165) is 112 Å². The Bertz CT molecular complexity index is 5870. The van der Waals surface area contributed by atoms with Crippen LogP contribution in [0.3, 0.4) is 0 Å². The maximum atomic E-state index is 5.76. The summed E-state index contributed by atoms with van der Waals surface area (Å²) in [5.74, 6) is 4.68. The first-order valence-electron chi connectivity index (χ1n) is 26.0. The third kappa shape index (κ3) is 4.84. The van der Waals surface area contributed by atoms with Crippen LogP contribution in [-0.4, -0.2) is 86.7 Å². The van der Waals surface area contributed by atoms with Crippen LogP contribution in [0.1, 0.15) is 0 Å². The lowest BCUT2D eigenvalue weighted by atomic mass is 10.2. The number of aromatic nitrogens is 17. The van der Waals surface area contributed by atoms with E-state index in [4.69, 9.17) is 44.9 Å². The molecule has 18 aromatic rings. The van der Waals surface area contributed by atoms with Crippen LogP contribution in [0.15, 0.2) is 189 Å². The summed E-state index contributed by atoms with van der Waals surface area (Å²) in [6, 6.07) is 51.2. The number of guanidine groups is 1. The normalized spacial score (nSPS) is 13.4. The van der Waals surface area contributed by atoms with Gasteiger partial charge in [0.15, 0.2) is 39.9 Å². The van der Waals surface area contributed by atoms with Gasteiger partial charge in [0.25, 0.3) is 0 Å². The fourth-order valence-corrected chi connectivity index (χ4v) is 12.8.